The molecule has 1 aromatic rings. The summed E-state index contributed by atoms with van der Waals surface area (Å²) in [6.45, 7) is 0. The predicted octanol–water partition coefficient (Wildman–Crippen LogP) is 1.75. The van der Waals surface area contributed by atoms with Gasteiger partial charge in [-0.25, -0.2) is 0 Å². The highest BCUT2D eigenvalue weighted by atomic mass is 35.5. The largest absolute Gasteiger partial charge is 0.495 e. The number of hydrogen-bond donors (Lipinski definition) is 2. The first-order valence-corrected chi connectivity index (χ1v) is 4.37. The summed E-state index contributed by atoms with van der Waals surface area (Å²) in [5, 5.41) is 13.4. The molecule has 0 aliphatic heterocycles. The summed E-state index contributed by atoms with van der Waals surface area (Å²) >= 11 is 5.91. The van der Waals surface area contributed by atoms with E-state index in [2.05, 4.69) is 10.5 Å². The molecule has 0 heterocycles. The van der Waals surface area contributed by atoms with Gasteiger partial charge in [0.1, 0.15) is 17.0 Å². The number of methoxy groups -OCH3 is 1. The Labute approximate surface area is 91.3 Å². The van der Waals surface area contributed by atoms with E-state index in [1.165, 1.54) is 7.11 Å². The molecular formula is C9H9ClN2O3. The second kappa shape index (κ2) is 5.21. The second-order valence-corrected chi connectivity index (χ2v) is 2.93. The molecule has 0 unspecified atom stereocenters. The normalized spacial score (nSPS) is 10.3. The molecule has 0 aromatic heterocycles. The zero-order chi connectivity index (χ0) is 11.3. The summed E-state index contributed by atoms with van der Waals surface area (Å²) < 4.78 is 4.96. The number of nitrogens with one attached hydrogen (secondary N) is 1. The number of halogens is 1. The number of hydrogen-bond acceptors (Lipinski definition) is 4. The molecule has 2 N–H and O–H groups in total. The van der Waals surface area contributed by atoms with Crippen LogP contribution in [0.1, 0.15) is 0 Å². The smallest absolute Gasteiger partial charge is 0.270 e. The molecule has 0 aliphatic carbocycles. The van der Waals surface area contributed by atoms with Crippen LogP contribution in [0.3, 0.4) is 0 Å². The minimum atomic E-state index is -0.576. The summed E-state index contributed by atoms with van der Waals surface area (Å²) in [7, 11) is 1.47. The lowest BCUT2D eigenvalue weighted by molar-refractivity contribution is -0.110. The Morgan fingerprint density at radius 3 is 3.00 bits per heavy atom. The number of anilines is 1. The summed E-state index contributed by atoms with van der Waals surface area (Å²) in [5.74, 6) is -0.122. The van der Waals surface area contributed by atoms with Crippen molar-refractivity contribution in [2.24, 2.45) is 5.16 Å². The molecule has 15 heavy (non-hydrogen) atoms. The molecule has 0 aliphatic rings. The first-order chi connectivity index (χ1) is 7.19. The molecule has 80 valence electrons. The van der Waals surface area contributed by atoms with Gasteiger partial charge in [0, 0.05) is 0 Å². The maximum atomic E-state index is 11.0. The van der Waals surface area contributed by atoms with Crippen LogP contribution < -0.4 is 10.1 Å². The molecule has 1 aromatic carbocycles. The Morgan fingerprint density at radius 1 is 1.67 bits per heavy atom. The van der Waals surface area contributed by atoms with Crippen molar-refractivity contribution in [3.63, 3.8) is 0 Å². The molecule has 0 spiro atoms. The minimum Gasteiger partial charge on any atom is -0.495 e. The Morgan fingerprint density at radius 2 is 2.40 bits per heavy atom. The minimum absolute atomic E-state index is 0.291. The number of rotatable bonds is 3. The van der Waals surface area contributed by atoms with Gasteiger partial charge in [-0.1, -0.05) is 22.8 Å². The quantitative estimate of drug-likeness (QED) is 0.470. The van der Waals surface area contributed by atoms with E-state index in [0.717, 1.165) is 6.21 Å². The van der Waals surface area contributed by atoms with Gasteiger partial charge in [0.25, 0.3) is 5.91 Å². The molecule has 5 nitrogen and oxygen atoms in total. The van der Waals surface area contributed by atoms with E-state index in [9.17, 15) is 4.79 Å². The van der Waals surface area contributed by atoms with E-state index in [4.69, 9.17) is 21.5 Å². The highest BCUT2D eigenvalue weighted by Crippen LogP contribution is 2.31. The van der Waals surface area contributed by atoms with Gasteiger partial charge in [-0.15, -0.1) is 0 Å². The van der Waals surface area contributed by atoms with Crippen LogP contribution in [-0.4, -0.2) is 24.4 Å². The fourth-order valence-electron chi connectivity index (χ4n) is 0.982. The molecule has 0 fully saturated rings. The molecular weight excluding hydrogens is 220 g/mol. The van der Waals surface area contributed by atoms with E-state index in [1.54, 1.807) is 18.2 Å². The highest BCUT2D eigenvalue weighted by molar-refractivity contribution is 6.37. The Bertz CT molecular complexity index is 393. The molecule has 6 heteroatoms. The number of carbonyl (C=O) groups excluding carboxylic acids is 1. The van der Waals surface area contributed by atoms with Crippen LogP contribution in [0.25, 0.3) is 0 Å². The summed E-state index contributed by atoms with van der Waals surface area (Å²) in [6, 6.07) is 4.95. The van der Waals surface area contributed by atoms with Crippen molar-refractivity contribution in [1.82, 2.24) is 0 Å². The zero-order valence-corrected chi connectivity index (χ0v) is 8.65. The van der Waals surface area contributed by atoms with Gasteiger partial charge in [-0.2, -0.15) is 0 Å². The third-order valence-corrected chi connectivity index (χ3v) is 2.01. The van der Waals surface area contributed by atoms with Crippen molar-refractivity contribution in [3.8, 4) is 5.75 Å². The van der Waals surface area contributed by atoms with Crippen LogP contribution in [0.5, 0.6) is 5.75 Å². The van der Waals surface area contributed by atoms with Gasteiger partial charge >= 0.3 is 0 Å². The average Bonchev–Trinajstić information content (AvgIpc) is 2.21. The first-order valence-electron chi connectivity index (χ1n) is 4.00. The number of ether oxygens (including phenoxy) is 1. The van der Waals surface area contributed by atoms with Crippen molar-refractivity contribution in [3.05, 3.63) is 23.2 Å². The fourth-order valence-corrected chi connectivity index (χ4v) is 1.23. The lowest BCUT2D eigenvalue weighted by atomic mass is 10.3. The lowest BCUT2D eigenvalue weighted by Gasteiger charge is -2.07. The zero-order valence-electron chi connectivity index (χ0n) is 7.90. The predicted molar refractivity (Wildman–Crippen MR) is 56.9 cm³/mol. The Kier molecular flexibility index (Phi) is 3.93. The summed E-state index contributed by atoms with van der Waals surface area (Å²) in [4.78, 5) is 11.0. The monoisotopic (exact) mass is 228 g/mol. The first kappa shape index (κ1) is 11.3. The second-order valence-electron chi connectivity index (χ2n) is 2.56. The van der Waals surface area contributed by atoms with E-state index in [0.29, 0.717) is 16.5 Å². The maximum Gasteiger partial charge on any atom is 0.270 e. The standard InChI is InChI=1S/C9H9ClN2O3/c1-15-7-4-2-3-6(9(7)10)12-8(13)5-11-14/h2-5,14H,1H3,(H,12,13)/b11-5+. The fraction of sp³-hybridized carbons (Fsp3) is 0.111. The number of amides is 1. The Hall–Kier alpha value is -1.75. The molecule has 1 rings (SSSR count). The number of benzene rings is 1. The number of nitrogens with zero attached hydrogens (tertiary/aromatic N) is 1. The van der Waals surface area contributed by atoms with Crippen molar-refractivity contribution in [2.75, 3.05) is 12.4 Å². The SMILES string of the molecule is COc1cccc(NC(=O)/C=N/O)c1Cl. The van der Waals surface area contributed by atoms with Gasteiger partial charge in [-0.05, 0) is 12.1 Å². The molecule has 0 radical (unpaired) electrons. The van der Waals surface area contributed by atoms with E-state index < -0.39 is 5.91 Å². The van der Waals surface area contributed by atoms with Crippen molar-refractivity contribution in [2.45, 2.75) is 0 Å². The van der Waals surface area contributed by atoms with Crippen LogP contribution in [0.2, 0.25) is 5.02 Å². The number of oxime groups is 1. The highest BCUT2D eigenvalue weighted by Gasteiger charge is 2.07. The molecule has 1 amide bonds. The van der Waals surface area contributed by atoms with E-state index >= 15 is 0 Å². The van der Waals surface area contributed by atoms with Crippen LogP contribution in [0, 0.1) is 0 Å². The summed E-state index contributed by atoms with van der Waals surface area (Å²) in [5.41, 5.74) is 0.390. The number of carbonyl (C=O) groups is 1. The summed E-state index contributed by atoms with van der Waals surface area (Å²) in [6.07, 6.45) is 0.732. The van der Waals surface area contributed by atoms with Crippen LogP contribution in [0.4, 0.5) is 5.69 Å². The Balaban J connectivity index is 2.90. The topological polar surface area (TPSA) is 70.9 Å². The van der Waals surface area contributed by atoms with E-state index in [-0.39, 0.29) is 0 Å². The average molecular weight is 229 g/mol. The van der Waals surface area contributed by atoms with Crippen molar-refractivity contribution < 1.29 is 14.7 Å². The third-order valence-electron chi connectivity index (χ3n) is 1.62. The molecule has 0 saturated carbocycles. The van der Waals surface area contributed by atoms with Gasteiger partial charge in [-0.3, -0.25) is 4.79 Å². The van der Waals surface area contributed by atoms with Crippen LogP contribution in [0.15, 0.2) is 23.4 Å². The van der Waals surface area contributed by atoms with Crippen molar-refractivity contribution in [1.29, 1.82) is 0 Å². The maximum absolute atomic E-state index is 11.0. The molecule has 0 bridgehead atoms. The van der Waals surface area contributed by atoms with Gasteiger partial charge in [0.2, 0.25) is 0 Å². The van der Waals surface area contributed by atoms with Gasteiger partial charge in [0.15, 0.2) is 0 Å². The molecule has 0 atom stereocenters. The van der Waals surface area contributed by atoms with Crippen LogP contribution >= 0.6 is 11.6 Å². The lowest BCUT2D eigenvalue weighted by Crippen LogP contribution is -2.12. The third kappa shape index (κ3) is 2.85. The van der Waals surface area contributed by atoms with Gasteiger partial charge < -0.3 is 15.3 Å². The van der Waals surface area contributed by atoms with E-state index in [1.807, 2.05) is 0 Å². The van der Waals surface area contributed by atoms with Crippen molar-refractivity contribution >= 4 is 29.4 Å². The molecule has 0 saturated heterocycles. The van der Waals surface area contributed by atoms with Gasteiger partial charge in [0.05, 0.1) is 12.8 Å². The van der Waals surface area contributed by atoms with Crippen LogP contribution in [-0.2, 0) is 4.79 Å².